The van der Waals surface area contributed by atoms with Crippen LogP contribution in [0.4, 0.5) is 11.4 Å². The quantitative estimate of drug-likeness (QED) is 0.330. The molecule has 1 unspecified atom stereocenters. The highest BCUT2D eigenvalue weighted by Gasteiger charge is 2.20. The standard InChI is InChI=1S/C27H30N2O6S/c1-6-25(27(31)29-21-12-11-19(32-2)16-23(21)34-4)36-20-9-7-8-18(15-20)28-26(30)17-10-13-22(33-3)24(14-17)35-5/h7-16,25H,6H2,1-5H3,(H,28,30)(H,29,31). The molecule has 0 spiro atoms. The van der Waals surface area contributed by atoms with Crippen molar-refractivity contribution < 1.29 is 28.5 Å². The maximum atomic E-state index is 13.0. The molecular weight excluding hydrogens is 480 g/mol. The molecule has 0 aliphatic carbocycles. The number of methoxy groups -OCH3 is 4. The van der Waals surface area contributed by atoms with Crippen LogP contribution in [0, 0.1) is 0 Å². The zero-order valence-corrected chi connectivity index (χ0v) is 21.7. The molecule has 2 amide bonds. The number of carbonyl (C=O) groups excluding carboxylic acids is 2. The van der Waals surface area contributed by atoms with Gasteiger partial charge in [-0.3, -0.25) is 9.59 Å². The zero-order valence-electron chi connectivity index (χ0n) is 20.9. The topological polar surface area (TPSA) is 95.1 Å². The van der Waals surface area contributed by atoms with Gasteiger partial charge in [0.15, 0.2) is 11.5 Å². The van der Waals surface area contributed by atoms with Gasteiger partial charge in [-0.2, -0.15) is 0 Å². The number of amides is 2. The molecule has 8 nitrogen and oxygen atoms in total. The first-order valence-corrected chi connectivity index (χ1v) is 12.1. The number of ether oxygens (including phenoxy) is 4. The van der Waals surface area contributed by atoms with Gasteiger partial charge in [-0.25, -0.2) is 0 Å². The van der Waals surface area contributed by atoms with E-state index in [-0.39, 0.29) is 17.1 Å². The summed E-state index contributed by atoms with van der Waals surface area (Å²) in [5, 5.41) is 5.48. The molecule has 3 aromatic rings. The van der Waals surface area contributed by atoms with Crippen molar-refractivity contribution in [2.75, 3.05) is 39.1 Å². The van der Waals surface area contributed by atoms with Crippen molar-refractivity contribution in [1.82, 2.24) is 0 Å². The summed E-state index contributed by atoms with van der Waals surface area (Å²) in [5.41, 5.74) is 1.62. The summed E-state index contributed by atoms with van der Waals surface area (Å²) < 4.78 is 21.1. The lowest BCUT2D eigenvalue weighted by Crippen LogP contribution is -2.24. The Balaban J connectivity index is 1.69. The Morgan fingerprint density at radius 1 is 0.806 bits per heavy atom. The second-order valence-electron chi connectivity index (χ2n) is 7.62. The minimum absolute atomic E-state index is 0.147. The lowest BCUT2D eigenvalue weighted by Gasteiger charge is -2.17. The molecule has 36 heavy (non-hydrogen) atoms. The Hall–Kier alpha value is -3.85. The highest BCUT2D eigenvalue weighted by Crippen LogP contribution is 2.33. The average molecular weight is 511 g/mol. The number of nitrogens with one attached hydrogen (secondary N) is 2. The summed E-state index contributed by atoms with van der Waals surface area (Å²) in [6.45, 7) is 1.95. The van der Waals surface area contributed by atoms with Crippen LogP contribution in [0.1, 0.15) is 23.7 Å². The van der Waals surface area contributed by atoms with E-state index in [9.17, 15) is 9.59 Å². The maximum absolute atomic E-state index is 13.0. The summed E-state index contributed by atoms with van der Waals surface area (Å²) in [6, 6.07) is 17.6. The van der Waals surface area contributed by atoms with Crippen molar-refractivity contribution in [3.63, 3.8) is 0 Å². The van der Waals surface area contributed by atoms with Crippen LogP contribution < -0.4 is 29.6 Å². The Kier molecular flexibility index (Phi) is 9.46. The highest BCUT2D eigenvalue weighted by molar-refractivity contribution is 8.00. The Morgan fingerprint density at radius 2 is 1.56 bits per heavy atom. The van der Waals surface area contributed by atoms with Gasteiger partial charge in [-0.05, 0) is 55.0 Å². The molecular formula is C27H30N2O6S. The van der Waals surface area contributed by atoms with E-state index in [2.05, 4.69) is 10.6 Å². The first kappa shape index (κ1) is 26.7. The van der Waals surface area contributed by atoms with E-state index >= 15 is 0 Å². The predicted octanol–water partition coefficient (Wildman–Crippen LogP) is 5.48. The highest BCUT2D eigenvalue weighted by atomic mass is 32.2. The minimum atomic E-state index is -0.353. The van der Waals surface area contributed by atoms with Crippen LogP contribution in [0.5, 0.6) is 23.0 Å². The van der Waals surface area contributed by atoms with E-state index in [0.717, 1.165) is 4.90 Å². The van der Waals surface area contributed by atoms with E-state index in [1.807, 2.05) is 25.1 Å². The van der Waals surface area contributed by atoms with Crippen LogP contribution in [-0.4, -0.2) is 45.5 Å². The fourth-order valence-electron chi connectivity index (χ4n) is 3.43. The molecule has 1 atom stereocenters. The Morgan fingerprint density at radius 3 is 2.22 bits per heavy atom. The van der Waals surface area contributed by atoms with Crippen molar-refractivity contribution in [1.29, 1.82) is 0 Å². The molecule has 9 heteroatoms. The lowest BCUT2D eigenvalue weighted by atomic mass is 10.2. The van der Waals surface area contributed by atoms with Crippen molar-refractivity contribution in [2.45, 2.75) is 23.5 Å². The monoisotopic (exact) mass is 510 g/mol. The number of thioether (sulfide) groups is 1. The number of benzene rings is 3. The fraction of sp³-hybridized carbons (Fsp3) is 0.259. The molecule has 0 aliphatic heterocycles. The van der Waals surface area contributed by atoms with Crippen molar-refractivity contribution >= 4 is 35.0 Å². The third-order valence-electron chi connectivity index (χ3n) is 5.35. The van der Waals surface area contributed by atoms with E-state index in [4.69, 9.17) is 18.9 Å². The number of hydrogen-bond donors (Lipinski definition) is 2. The molecule has 0 aromatic heterocycles. The van der Waals surface area contributed by atoms with Gasteiger partial charge in [0, 0.05) is 22.2 Å². The normalized spacial score (nSPS) is 11.2. The third kappa shape index (κ3) is 6.63. The maximum Gasteiger partial charge on any atom is 0.255 e. The number of rotatable bonds is 11. The third-order valence-corrected chi connectivity index (χ3v) is 6.70. The molecule has 0 aliphatic rings. The largest absolute Gasteiger partial charge is 0.497 e. The number of hydrogen-bond acceptors (Lipinski definition) is 7. The molecule has 0 heterocycles. The van der Waals surface area contributed by atoms with Crippen molar-refractivity contribution in [3.8, 4) is 23.0 Å². The van der Waals surface area contributed by atoms with Gasteiger partial charge in [0.1, 0.15) is 11.5 Å². The number of anilines is 2. The summed E-state index contributed by atoms with van der Waals surface area (Å²) >= 11 is 1.42. The molecule has 3 rings (SSSR count). The molecule has 0 bridgehead atoms. The molecule has 2 N–H and O–H groups in total. The van der Waals surface area contributed by atoms with Gasteiger partial charge in [-0.1, -0.05) is 13.0 Å². The van der Waals surface area contributed by atoms with Gasteiger partial charge < -0.3 is 29.6 Å². The summed E-state index contributed by atoms with van der Waals surface area (Å²) in [5.74, 6) is 1.74. The first-order chi connectivity index (χ1) is 17.4. The Bertz CT molecular complexity index is 1220. The zero-order chi connectivity index (χ0) is 26.1. The van der Waals surface area contributed by atoms with Crippen LogP contribution in [-0.2, 0) is 4.79 Å². The molecule has 0 fully saturated rings. The van der Waals surface area contributed by atoms with E-state index in [0.29, 0.717) is 46.4 Å². The average Bonchev–Trinajstić information content (AvgIpc) is 2.91. The molecule has 0 saturated carbocycles. The van der Waals surface area contributed by atoms with Crippen LogP contribution in [0.25, 0.3) is 0 Å². The first-order valence-electron chi connectivity index (χ1n) is 11.2. The van der Waals surface area contributed by atoms with Gasteiger partial charge in [0.25, 0.3) is 5.91 Å². The smallest absolute Gasteiger partial charge is 0.255 e. The summed E-state index contributed by atoms with van der Waals surface area (Å²) in [6.07, 6.45) is 0.608. The van der Waals surface area contributed by atoms with Crippen molar-refractivity contribution in [3.05, 3.63) is 66.2 Å². The minimum Gasteiger partial charge on any atom is -0.497 e. The van der Waals surface area contributed by atoms with Crippen LogP contribution in [0.15, 0.2) is 65.6 Å². The molecule has 3 aromatic carbocycles. The van der Waals surface area contributed by atoms with E-state index in [1.54, 1.807) is 49.6 Å². The molecule has 0 radical (unpaired) electrons. The van der Waals surface area contributed by atoms with Gasteiger partial charge >= 0.3 is 0 Å². The van der Waals surface area contributed by atoms with Crippen LogP contribution in [0.2, 0.25) is 0 Å². The van der Waals surface area contributed by atoms with Crippen LogP contribution >= 0.6 is 11.8 Å². The lowest BCUT2D eigenvalue weighted by molar-refractivity contribution is -0.115. The van der Waals surface area contributed by atoms with Gasteiger partial charge in [-0.15, -0.1) is 11.8 Å². The number of carbonyl (C=O) groups is 2. The van der Waals surface area contributed by atoms with E-state index in [1.165, 1.54) is 33.1 Å². The second-order valence-corrected chi connectivity index (χ2v) is 8.90. The molecule has 190 valence electrons. The Labute approximate surface area is 215 Å². The predicted molar refractivity (Wildman–Crippen MR) is 142 cm³/mol. The van der Waals surface area contributed by atoms with Crippen molar-refractivity contribution in [2.24, 2.45) is 0 Å². The SMILES string of the molecule is CCC(Sc1cccc(NC(=O)c2ccc(OC)c(OC)c2)c1)C(=O)Nc1ccc(OC)cc1OC. The summed E-state index contributed by atoms with van der Waals surface area (Å²) in [4.78, 5) is 26.7. The van der Waals surface area contributed by atoms with Gasteiger partial charge in [0.2, 0.25) is 5.91 Å². The van der Waals surface area contributed by atoms with Gasteiger partial charge in [0.05, 0.1) is 39.4 Å². The molecule has 0 saturated heterocycles. The van der Waals surface area contributed by atoms with E-state index < -0.39 is 0 Å². The second kappa shape index (κ2) is 12.7. The fourth-order valence-corrected chi connectivity index (χ4v) is 4.44. The van der Waals surface area contributed by atoms with Crippen LogP contribution in [0.3, 0.4) is 0 Å². The summed E-state index contributed by atoms with van der Waals surface area (Å²) in [7, 11) is 6.17.